The van der Waals surface area contributed by atoms with Gasteiger partial charge in [-0.05, 0) is 20.8 Å². The molecule has 0 fully saturated rings. The van der Waals surface area contributed by atoms with Gasteiger partial charge in [0.2, 0.25) is 5.71 Å². The Hall–Kier alpha value is -1.75. The zero-order valence-electron chi connectivity index (χ0n) is 10.5. The summed E-state index contributed by atoms with van der Waals surface area (Å²) in [4.78, 5) is 10.9. The Morgan fingerprint density at radius 1 is 1.50 bits per heavy atom. The number of aryl methyl sites for hydroxylation is 3. The van der Waals surface area contributed by atoms with Crippen LogP contribution in [0, 0.1) is 13.8 Å². The van der Waals surface area contributed by atoms with Crippen LogP contribution in [0.25, 0.3) is 16.7 Å². The predicted molar refractivity (Wildman–Crippen MR) is 71.1 cm³/mol. The summed E-state index contributed by atoms with van der Waals surface area (Å²) in [6.45, 7) is 10.0. The lowest BCUT2D eigenvalue weighted by atomic mass is 10.1. The number of carboxylic acids is 1. The lowest BCUT2D eigenvalue weighted by molar-refractivity contribution is -0.130. The van der Waals surface area contributed by atoms with Crippen LogP contribution in [0.5, 0.6) is 0 Å². The van der Waals surface area contributed by atoms with E-state index in [0.717, 1.165) is 23.2 Å². The van der Waals surface area contributed by atoms with Crippen LogP contribution in [0.3, 0.4) is 0 Å². The fraction of sp³-hybridized carbons (Fsp3) is 0.333. The molecule has 0 saturated heterocycles. The zero-order valence-corrected chi connectivity index (χ0v) is 11.3. The van der Waals surface area contributed by atoms with Gasteiger partial charge in [0.15, 0.2) is 0 Å². The summed E-state index contributed by atoms with van der Waals surface area (Å²) >= 11 is 0. The van der Waals surface area contributed by atoms with Crippen LogP contribution in [-0.2, 0) is 11.3 Å². The first kappa shape index (κ1) is 14.3. The SMILES string of the molecule is C=C(C(=O)O)c1oc2nn(CC)c(C)c2c1C.Cl. The second-order valence-corrected chi connectivity index (χ2v) is 3.92. The molecule has 0 spiro atoms. The van der Waals surface area contributed by atoms with E-state index in [-0.39, 0.29) is 18.0 Å². The number of furan rings is 1. The molecule has 0 aromatic carbocycles. The minimum Gasteiger partial charge on any atom is -0.478 e. The van der Waals surface area contributed by atoms with Crippen LogP contribution in [-0.4, -0.2) is 20.9 Å². The van der Waals surface area contributed by atoms with Gasteiger partial charge in [-0.1, -0.05) is 6.58 Å². The van der Waals surface area contributed by atoms with Gasteiger partial charge in [-0.15, -0.1) is 17.5 Å². The summed E-state index contributed by atoms with van der Waals surface area (Å²) in [5, 5.41) is 14.1. The molecule has 2 rings (SSSR count). The second kappa shape index (κ2) is 4.86. The van der Waals surface area contributed by atoms with Crippen LogP contribution >= 0.6 is 12.4 Å². The van der Waals surface area contributed by atoms with Crippen LogP contribution in [0.2, 0.25) is 0 Å². The van der Waals surface area contributed by atoms with E-state index in [4.69, 9.17) is 9.52 Å². The lowest BCUT2D eigenvalue weighted by Crippen LogP contribution is -2.00. The number of rotatable bonds is 3. The Labute approximate surface area is 110 Å². The molecule has 0 atom stereocenters. The number of aliphatic carboxylic acids is 1. The molecule has 2 aromatic heterocycles. The minimum absolute atomic E-state index is 0. The largest absolute Gasteiger partial charge is 0.478 e. The first-order valence-corrected chi connectivity index (χ1v) is 5.36. The highest BCUT2D eigenvalue weighted by atomic mass is 35.5. The third-order valence-electron chi connectivity index (χ3n) is 2.92. The summed E-state index contributed by atoms with van der Waals surface area (Å²) in [7, 11) is 0. The summed E-state index contributed by atoms with van der Waals surface area (Å²) in [6, 6.07) is 0. The molecule has 0 radical (unpaired) electrons. The highest BCUT2D eigenvalue weighted by Gasteiger charge is 2.21. The number of aromatic nitrogens is 2. The van der Waals surface area contributed by atoms with Crippen molar-refractivity contribution in [3.05, 3.63) is 23.6 Å². The summed E-state index contributed by atoms with van der Waals surface area (Å²) in [5.74, 6) is -0.771. The summed E-state index contributed by atoms with van der Waals surface area (Å²) in [5.41, 5.74) is 2.19. The maximum Gasteiger partial charge on any atom is 0.338 e. The summed E-state index contributed by atoms with van der Waals surface area (Å²) in [6.07, 6.45) is 0. The highest BCUT2D eigenvalue weighted by molar-refractivity contribution is 6.15. The average molecular weight is 271 g/mol. The van der Waals surface area contributed by atoms with E-state index in [1.165, 1.54) is 0 Å². The van der Waals surface area contributed by atoms with Gasteiger partial charge in [0.1, 0.15) is 5.76 Å². The van der Waals surface area contributed by atoms with Crippen molar-refractivity contribution in [1.82, 2.24) is 9.78 Å². The van der Waals surface area contributed by atoms with Crippen molar-refractivity contribution < 1.29 is 14.3 Å². The molecule has 5 nitrogen and oxygen atoms in total. The normalized spacial score (nSPS) is 10.4. The topological polar surface area (TPSA) is 68.3 Å². The molecule has 0 bridgehead atoms. The number of hydrogen-bond donors (Lipinski definition) is 1. The molecule has 2 aromatic rings. The van der Waals surface area contributed by atoms with Gasteiger partial charge in [-0.25, -0.2) is 4.79 Å². The molecule has 0 aliphatic heterocycles. The van der Waals surface area contributed by atoms with Crippen LogP contribution < -0.4 is 0 Å². The van der Waals surface area contributed by atoms with Crippen LogP contribution in [0.4, 0.5) is 0 Å². The first-order valence-electron chi connectivity index (χ1n) is 5.36. The van der Waals surface area contributed by atoms with E-state index in [2.05, 4.69) is 11.7 Å². The highest BCUT2D eigenvalue weighted by Crippen LogP contribution is 2.31. The fourth-order valence-corrected chi connectivity index (χ4v) is 2.00. The minimum atomic E-state index is -1.08. The van der Waals surface area contributed by atoms with Crippen molar-refractivity contribution in [2.24, 2.45) is 0 Å². The van der Waals surface area contributed by atoms with E-state index in [1.54, 1.807) is 0 Å². The Morgan fingerprint density at radius 3 is 2.56 bits per heavy atom. The monoisotopic (exact) mass is 270 g/mol. The fourth-order valence-electron chi connectivity index (χ4n) is 2.00. The maximum absolute atomic E-state index is 10.9. The Balaban J connectivity index is 0.00000162. The Kier molecular flexibility index (Phi) is 3.86. The molecule has 6 heteroatoms. The predicted octanol–water partition coefficient (Wildman–Crippen LogP) is 2.79. The smallest absolute Gasteiger partial charge is 0.338 e. The van der Waals surface area contributed by atoms with Gasteiger partial charge in [0.25, 0.3) is 0 Å². The van der Waals surface area contributed by atoms with E-state index < -0.39 is 5.97 Å². The van der Waals surface area contributed by atoms with Gasteiger partial charge in [-0.3, -0.25) is 4.68 Å². The van der Waals surface area contributed by atoms with Crippen molar-refractivity contribution >= 4 is 35.0 Å². The van der Waals surface area contributed by atoms with E-state index in [1.807, 2.05) is 25.5 Å². The van der Waals surface area contributed by atoms with Crippen molar-refractivity contribution in [1.29, 1.82) is 0 Å². The van der Waals surface area contributed by atoms with E-state index >= 15 is 0 Å². The molecule has 1 N–H and O–H groups in total. The van der Waals surface area contributed by atoms with Gasteiger partial charge in [0, 0.05) is 17.8 Å². The van der Waals surface area contributed by atoms with E-state index in [0.29, 0.717) is 11.5 Å². The van der Waals surface area contributed by atoms with Gasteiger partial charge in [0.05, 0.1) is 11.0 Å². The Bertz CT molecular complexity index is 625. The standard InChI is InChI=1S/C12H14N2O3.ClH/c1-5-14-8(4)9-6(2)10(7(3)12(15)16)17-11(9)13-14;/h3,5H2,1-2,4H3,(H,15,16);1H. The molecule has 0 aliphatic carbocycles. The van der Waals surface area contributed by atoms with Crippen LogP contribution in [0.1, 0.15) is 23.9 Å². The average Bonchev–Trinajstić information content (AvgIpc) is 2.76. The first-order chi connectivity index (χ1) is 7.97. The number of carbonyl (C=O) groups is 1. The summed E-state index contributed by atoms with van der Waals surface area (Å²) < 4.78 is 7.30. The zero-order chi connectivity index (χ0) is 12.7. The van der Waals surface area contributed by atoms with Crippen LogP contribution in [0.15, 0.2) is 11.0 Å². The number of nitrogens with zero attached hydrogens (tertiary/aromatic N) is 2. The molecular formula is C12H15ClN2O3. The molecule has 18 heavy (non-hydrogen) atoms. The number of hydrogen-bond acceptors (Lipinski definition) is 3. The van der Waals surface area contributed by atoms with Crippen molar-refractivity contribution in [3.8, 4) is 0 Å². The number of carboxylic acid groups (broad SMARTS) is 1. The second-order valence-electron chi connectivity index (χ2n) is 3.92. The number of halogens is 1. The van der Waals surface area contributed by atoms with Gasteiger partial charge < -0.3 is 9.52 Å². The molecule has 0 amide bonds. The number of fused-ring (bicyclic) bond motifs is 1. The molecular weight excluding hydrogens is 256 g/mol. The van der Waals surface area contributed by atoms with Gasteiger partial charge >= 0.3 is 5.97 Å². The van der Waals surface area contributed by atoms with Crippen molar-refractivity contribution in [2.45, 2.75) is 27.3 Å². The maximum atomic E-state index is 10.9. The third kappa shape index (κ3) is 1.90. The molecule has 0 saturated carbocycles. The molecule has 0 aliphatic rings. The molecule has 0 unspecified atom stereocenters. The Morgan fingerprint density at radius 2 is 2.11 bits per heavy atom. The molecule has 2 heterocycles. The van der Waals surface area contributed by atoms with Gasteiger partial charge in [-0.2, -0.15) is 0 Å². The third-order valence-corrected chi connectivity index (χ3v) is 2.92. The van der Waals surface area contributed by atoms with E-state index in [9.17, 15) is 4.79 Å². The van der Waals surface area contributed by atoms with Crippen molar-refractivity contribution in [2.75, 3.05) is 0 Å². The lowest BCUT2D eigenvalue weighted by Gasteiger charge is -2.00. The molecule has 98 valence electrons. The van der Waals surface area contributed by atoms with Crippen molar-refractivity contribution in [3.63, 3.8) is 0 Å². The quantitative estimate of drug-likeness (QED) is 0.871.